The number of esters is 1. The fourth-order valence-electron chi connectivity index (χ4n) is 2.44. The number of ether oxygens (including phenoxy) is 1. The maximum Gasteiger partial charge on any atom is 0.309 e. The molecule has 1 fully saturated rings. The van der Waals surface area contributed by atoms with Crippen LogP contribution in [0.1, 0.15) is 67.2 Å². The van der Waals surface area contributed by atoms with Crippen molar-refractivity contribution >= 4 is 14.3 Å². The van der Waals surface area contributed by atoms with Crippen LogP contribution in [0.4, 0.5) is 0 Å². The van der Waals surface area contributed by atoms with Crippen LogP contribution < -0.4 is 0 Å². The summed E-state index contributed by atoms with van der Waals surface area (Å²) >= 11 is 0. The molecule has 0 heterocycles. The van der Waals surface area contributed by atoms with Crippen molar-refractivity contribution in [1.82, 2.24) is 0 Å². The lowest BCUT2D eigenvalue weighted by molar-refractivity contribution is -0.162. The average Bonchev–Trinajstić information content (AvgIpc) is 2.24. The minimum atomic E-state index is -1.76. The predicted octanol–water partition coefficient (Wildman–Crippen LogP) is 4.91. The van der Waals surface area contributed by atoms with E-state index in [9.17, 15) is 4.79 Å². The maximum atomic E-state index is 12.3. The maximum absolute atomic E-state index is 12.3. The average molecular weight is 315 g/mol. The van der Waals surface area contributed by atoms with Gasteiger partial charge in [-0.15, -0.1) is 0 Å². The highest BCUT2D eigenvalue weighted by molar-refractivity contribution is 6.74. The van der Waals surface area contributed by atoms with Crippen LogP contribution in [0.25, 0.3) is 0 Å². The minimum Gasteiger partial charge on any atom is -0.460 e. The molecule has 0 bridgehead atoms. The van der Waals surface area contributed by atoms with Gasteiger partial charge in [-0.1, -0.05) is 27.2 Å². The van der Waals surface area contributed by atoms with Gasteiger partial charge in [0, 0.05) is 6.10 Å². The first kappa shape index (κ1) is 18.7. The van der Waals surface area contributed by atoms with Crippen LogP contribution in [0.2, 0.25) is 18.1 Å². The molecule has 4 heteroatoms. The van der Waals surface area contributed by atoms with E-state index in [4.69, 9.17) is 9.16 Å². The second kappa shape index (κ2) is 6.41. The van der Waals surface area contributed by atoms with Crippen molar-refractivity contribution in [3.63, 3.8) is 0 Å². The molecular weight excluding hydrogens is 280 g/mol. The van der Waals surface area contributed by atoms with E-state index in [0.29, 0.717) is 0 Å². The van der Waals surface area contributed by atoms with Gasteiger partial charge in [-0.3, -0.25) is 4.79 Å². The first-order chi connectivity index (χ1) is 9.32. The molecule has 0 N–H and O–H groups in total. The molecule has 1 saturated carbocycles. The monoisotopic (exact) mass is 314 g/mol. The zero-order chi connectivity index (χ0) is 16.5. The van der Waals surface area contributed by atoms with Gasteiger partial charge in [0.25, 0.3) is 0 Å². The molecule has 1 rings (SSSR count). The van der Waals surface area contributed by atoms with Gasteiger partial charge >= 0.3 is 5.97 Å². The van der Waals surface area contributed by atoms with Crippen molar-refractivity contribution in [2.24, 2.45) is 5.92 Å². The molecule has 0 radical (unpaired) electrons. The number of rotatable bonds is 3. The highest BCUT2D eigenvalue weighted by Gasteiger charge is 2.41. The Hall–Kier alpha value is -0.353. The summed E-state index contributed by atoms with van der Waals surface area (Å²) in [4.78, 5) is 12.3. The van der Waals surface area contributed by atoms with Gasteiger partial charge < -0.3 is 9.16 Å². The Balaban J connectivity index is 2.63. The van der Waals surface area contributed by atoms with Gasteiger partial charge in [0.05, 0.1) is 5.92 Å². The molecule has 2 unspecified atom stereocenters. The van der Waals surface area contributed by atoms with Crippen LogP contribution in [0.3, 0.4) is 0 Å². The van der Waals surface area contributed by atoms with Crippen molar-refractivity contribution in [2.45, 2.75) is 97.1 Å². The SMILES string of the molecule is CC(C)(C)OC(=O)C1CCCC(O[Si](C)(C)C(C)(C)C)C1. The highest BCUT2D eigenvalue weighted by Crippen LogP contribution is 2.40. The molecule has 0 saturated heterocycles. The second-order valence-corrected chi connectivity index (χ2v) is 13.7. The van der Waals surface area contributed by atoms with Gasteiger partial charge in [-0.2, -0.15) is 0 Å². The molecule has 21 heavy (non-hydrogen) atoms. The Morgan fingerprint density at radius 1 is 1.05 bits per heavy atom. The van der Waals surface area contributed by atoms with Gasteiger partial charge in [0.15, 0.2) is 8.32 Å². The van der Waals surface area contributed by atoms with Crippen LogP contribution >= 0.6 is 0 Å². The summed E-state index contributed by atoms with van der Waals surface area (Å²) in [5, 5.41) is 0.214. The molecule has 0 aromatic rings. The Morgan fingerprint density at radius 3 is 2.10 bits per heavy atom. The van der Waals surface area contributed by atoms with E-state index < -0.39 is 13.9 Å². The van der Waals surface area contributed by atoms with Crippen molar-refractivity contribution in [1.29, 1.82) is 0 Å². The molecule has 1 aliphatic carbocycles. The third-order valence-corrected chi connectivity index (χ3v) is 9.17. The van der Waals surface area contributed by atoms with E-state index in [1.54, 1.807) is 0 Å². The lowest BCUT2D eigenvalue weighted by Crippen LogP contribution is -2.45. The van der Waals surface area contributed by atoms with E-state index in [0.717, 1.165) is 25.7 Å². The predicted molar refractivity (Wildman–Crippen MR) is 89.9 cm³/mol. The smallest absolute Gasteiger partial charge is 0.309 e. The van der Waals surface area contributed by atoms with E-state index in [2.05, 4.69) is 33.9 Å². The molecule has 3 nitrogen and oxygen atoms in total. The van der Waals surface area contributed by atoms with Crippen molar-refractivity contribution in [3.8, 4) is 0 Å². The van der Waals surface area contributed by atoms with Crippen molar-refractivity contribution < 1.29 is 14.0 Å². The van der Waals surface area contributed by atoms with Crippen LogP contribution in [0.15, 0.2) is 0 Å². The Bertz CT molecular complexity index is 363. The van der Waals surface area contributed by atoms with E-state index >= 15 is 0 Å². The number of carbonyl (C=O) groups is 1. The lowest BCUT2D eigenvalue weighted by atomic mass is 9.87. The first-order valence-electron chi connectivity index (χ1n) is 8.22. The van der Waals surface area contributed by atoms with E-state index in [1.165, 1.54) is 0 Å². The molecule has 124 valence electrons. The quantitative estimate of drug-likeness (QED) is 0.548. The summed E-state index contributed by atoms with van der Waals surface area (Å²) in [6.45, 7) is 17.1. The summed E-state index contributed by atoms with van der Waals surface area (Å²) in [5.74, 6) is -0.0428. The number of hydrogen-bond acceptors (Lipinski definition) is 3. The van der Waals surface area contributed by atoms with Gasteiger partial charge in [0.1, 0.15) is 5.60 Å². The standard InChI is InChI=1S/C17H34O3Si/c1-16(2,3)19-15(18)13-10-9-11-14(12-13)20-21(7,8)17(4,5)6/h13-14H,9-12H2,1-8H3. The van der Waals surface area contributed by atoms with Gasteiger partial charge in [-0.05, 0) is 58.2 Å². The van der Waals surface area contributed by atoms with Crippen molar-refractivity contribution in [3.05, 3.63) is 0 Å². The molecule has 1 aliphatic rings. The summed E-state index contributed by atoms with van der Waals surface area (Å²) in [6.07, 6.45) is 4.11. The number of carbonyl (C=O) groups excluding carboxylic acids is 1. The normalized spacial score (nSPS) is 24.8. The third-order valence-electron chi connectivity index (χ3n) is 4.63. The first-order valence-corrected chi connectivity index (χ1v) is 11.1. The van der Waals surface area contributed by atoms with Crippen molar-refractivity contribution in [2.75, 3.05) is 0 Å². The highest BCUT2D eigenvalue weighted by atomic mass is 28.4. The van der Waals surface area contributed by atoms with Gasteiger partial charge in [0.2, 0.25) is 0 Å². The zero-order valence-corrected chi connectivity index (χ0v) is 16.2. The van der Waals surface area contributed by atoms with Crippen LogP contribution in [0.5, 0.6) is 0 Å². The largest absolute Gasteiger partial charge is 0.460 e. The molecule has 0 amide bonds. The lowest BCUT2D eigenvalue weighted by Gasteiger charge is -2.41. The van der Waals surface area contributed by atoms with Crippen LogP contribution in [-0.4, -0.2) is 26.0 Å². The van der Waals surface area contributed by atoms with Crippen LogP contribution in [-0.2, 0) is 14.0 Å². The topological polar surface area (TPSA) is 35.5 Å². The Labute approximate surface area is 131 Å². The van der Waals surface area contributed by atoms with Gasteiger partial charge in [-0.25, -0.2) is 0 Å². The molecule has 0 aromatic heterocycles. The summed E-state index contributed by atoms with van der Waals surface area (Å²) in [6, 6.07) is 0. The third kappa shape index (κ3) is 5.74. The number of hydrogen-bond donors (Lipinski definition) is 0. The molecular formula is C17H34O3Si. The van der Waals surface area contributed by atoms with Crippen LogP contribution in [0, 0.1) is 5.92 Å². The molecule has 0 aliphatic heterocycles. The fraction of sp³-hybridized carbons (Fsp3) is 0.941. The van der Waals surface area contributed by atoms with E-state index in [1.807, 2.05) is 20.8 Å². The zero-order valence-electron chi connectivity index (χ0n) is 15.2. The second-order valence-electron chi connectivity index (χ2n) is 8.90. The summed E-state index contributed by atoms with van der Waals surface area (Å²) in [7, 11) is -1.76. The van der Waals surface area contributed by atoms with E-state index in [-0.39, 0.29) is 23.0 Å². The fourth-order valence-corrected chi connectivity index (χ4v) is 3.85. The Kier molecular flexibility index (Phi) is 5.71. The molecule has 0 spiro atoms. The Morgan fingerprint density at radius 2 is 1.62 bits per heavy atom. The summed E-state index contributed by atoms with van der Waals surface area (Å²) in [5.41, 5.74) is -0.398. The minimum absolute atomic E-state index is 0.00717. The molecule has 2 atom stereocenters. The molecule has 0 aromatic carbocycles. The summed E-state index contributed by atoms with van der Waals surface area (Å²) < 4.78 is 12.0.